The van der Waals surface area contributed by atoms with Crippen LogP contribution in [0.3, 0.4) is 0 Å². The van der Waals surface area contributed by atoms with Gasteiger partial charge in [0.05, 0.1) is 11.5 Å². The van der Waals surface area contributed by atoms with Crippen molar-refractivity contribution < 1.29 is 13.2 Å². The van der Waals surface area contributed by atoms with Gasteiger partial charge < -0.3 is 10.2 Å². The van der Waals surface area contributed by atoms with Crippen LogP contribution in [-0.4, -0.2) is 56.9 Å². The van der Waals surface area contributed by atoms with Crippen molar-refractivity contribution in [2.75, 3.05) is 31.6 Å². The first-order valence-electron chi connectivity index (χ1n) is 6.62. The smallest absolute Gasteiger partial charge is 0.223 e. The molecule has 1 aliphatic rings. The van der Waals surface area contributed by atoms with Crippen LogP contribution in [0.25, 0.3) is 0 Å². The van der Waals surface area contributed by atoms with Crippen LogP contribution in [0.2, 0.25) is 0 Å². The summed E-state index contributed by atoms with van der Waals surface area (Å²) in [5.41, 5.74) is 0. The van der Waals surface area contributed by atoms with E-state index in [1.165, 1.54) is 0 Å². The predicted octanol–water partition coefficient (Wildman–Crippen LogP) is 0.412. The number of nitrogens with one attached hydrogen (secondary N) is 1. The summed E-state index contributed by atoms with van der Waals surface area (Å²) in [5, 5.41) is 3.15. The maximum atomic E-state index is 11.7. The van der Waals surface area contributed by atoms with Crippen LogP contribution in [0.4, 0.5) is 0 Å². The molecule has 1 unspecified atom stereocenters. The number of amides is 1. The van der Waals surface area contributed by atoms with E-state index in [1.54, 1.807) is 4.90 Å². The highest BCUT2D eigenvalue weighted by atomic mass is 32.2. The Hall–Kier alpha value is -0.620. The summed E-state index contributed by atoms with van der Waals surface area (Å²) in [4.78, 5) is 13.5. The van der Waals surface area contributed by atoms with Crippen molar-refractivity contribution >= 4 is 15.7 Å². The highest BCUT2D eigenvalue weighted by molar-refractivity contribution is 7.91. The molecule has 0 spiro atoms. The number of carbonyl (C=O) groups excluding carboxylic acids is 1. The average molecular weight is 276 g/mol. The van der Waals surface area contributed by atoms with E-state index in [-0.39, 0.29) is 23.5 Å². The molecule has 18 heavy (non-hydrogen) atoms. The van der Waals surface area contributed by atoms with Gasteiger partial charge in [-0.05, 0) is 12.8 Å². The molecule has 1 atom stereocenters. The van der Waals surface area contributed by atoms with Crippen LogP contribution >= 0.6 is 0 Å². The van der Waals surface area contributed by atoms with E-state index in [9.17, 15) is 13.2 Å². The monoisotopic (exact) mass is 276 g/mol. The fraction of sp³-hybridized carbons (Fsp3) is 0.917. The van der Waals surface area contributed by atoms with E-state index >= 15 is 0 Å². The SMILES string of the molecule is CCCCN(C)C(=O)CCNC1CCS(=O)(=O)C1. The van der Waals surface area contributed by atoms with Gasteiger partial charge in [-0.1, -0.05) is 13.3 Å². The second kappa shape index (κ2) is 7.09. The van der Waals surface area contributed by atoms with Gasteiger partial charge >= 0.3 is 0 Å². The van der Waals surface area contributed by atoms with Gasteiger partial charge in [-0.25, -0.2) is 8.42 Å². The van der Waals surface area contributed by atoms with E-state index < -0.39 is 9.84 Å². The molecular formula is C12H24N2O3S. The normalized spacial score (nSPS) is 22.0. The molecule has 5 nitrogen and oxygen atoms in total. The quantitative estimate of drug-likeness (QED) is 0.731. The molecular weight excluding hydrogens is 252 g/mol. The zero-order valence-corrected chi connectivity index (χ0v) is 12.1. The minimum atomic E-state index is -2.83. The Balaban J connectivity index is 2.16. The molecule has 0 radical (unpaired) electrons. The summed E-state index contributed by atoms with van der Waals surface area (Å²) in [6.45, 7) is 3.46. The van der Waals surface area contributed by atoms with Gasteiger partial charge in [0.1, 0.15) is 0 Å². The number of sulfone groups is 1. The lowest BCUT2D eigenvalue weighted by atomic mass is 10.2. The molecule has 1 fully saturated rings. The first kappa shape index (κ1) is 15.4. The molecule has 1 N–H and O–H groups in total. The second-order valence-electron chi connectivity index (χ2n) is 4.97. The summed E-state index contributed by atoms with van der Waals surface area (Å²) in [5.74, 6) is 0.610. The Morgan fingerprint density at radius 3 is 2.72 bits per heavy atom. The third kappa shape index (κ3) is 5.35. The number of hydrogen-bond donors (Lipinski definition) is 1. The fourth-order valence-corrected chi connectivity index (χ4v) is 3.76. The second-order valence-corrected chi connectivity index (χ2v) is 7.20. The summed E-state index contributed by atoms with van der Waals surface area (Å²) in [6.07, 6.45) is 3.21. The van der Waals surface area contributed by atoms with Gasteiger partial charge in [0.2, 0.25) is 5.91 Å². The van der Waals surface area contributed by atoms with Gasteiger partial charge in [0, 0.05) is 32.6 Å². The number of unbranched alkanes of at least 4 members (excludes halogenated alkanes) is 1. The largest absolute Gasteiger partial charge is 0.346 e. The molecule has 0 saturated carbocycles. The van der Waals surface area contributed by atoms with Gasteiger partial charge in [-0.15, -0.1) is 0 Å². The van der Waals surface area contributed by atoms with Crippen LogP contribution in [-0.2, 0) is 14.6 Å². The van der Waals surface area contributed by atoms with E-state index in [1.807, 2.05) is 7.05 Å². The highest BCUT2D eigenvalue weighted by Gasteiger charge is 2.27. The minimum Gasteiger partial charge on any atom is -0.346 e. The first-order chi connectivity index (χ1) is 8.44. The summed E-state index contributed by atoms with van der Waals surface area (Å²) in [7, 11) is -1.01. The van der Waals surface area contributed by atoms with Gasteiger partial charge in [0.15, 0.2) is 9.84 Å². The van der Waals surface area contributed by atoms with Crippen molar-refractivity contribution in [3.63, 3.8) is 0 Å². The molecule has 0 aliphatic carbocycles. The van der Waals surface area contributed by atoms with Crippen LogP contribution in [0.5, 0.6) is 0 Å². The van der Waals surface area contributed by atoms with Crippen molar-refractivity contribution in [1.29, 1.82) is 0 Å². The molecule has 6 heteroatoms. The van der Waals surface area contributed by atoms with Crippen LogP contribution < -0.4 is 5.32 Å². The van der Waals surface area contributed by atoms with E-state index in [0.29, 0.717) is 19.4 Å². The lowest BCUT2D eigenvalue weighted by Crippen LogP contribution is -2.35. The third-order valence-electron chi connectivity index (χ3n) is 3.28. The maximum Gasteiger partial charge on any atom is 0.223 e. The third-order valence-corrected chi connectivity index (χ3v) is 5.05. The predicted molar refractivity (Wildman–Crippen MR) is 72.2 cm³/mol. The first-order valence-corrected chi connectivity index (χ1v) is 8.44. The van der Waals surface area contributed by atoms with E-state index in [0.717, 1.165) is 19.4 Å². The molecule has 1 amide bonds. The maximum absolute atomic E-state index is 11.7. The molecule has 1 heterocycles. The van der Waals surface area contributed by atoms with E-state index in [2.05, 4.69) is 12.2 Å². The highest BCUT2D eigenvalue weighted by Crippen LogP contribution is 2.11. The van der Waals surface area contributed by atoms with Crippen molar-refractivity contribution in [2.24, 2.45) is 0 Å². The molecule has 0 aromatic heterocycles. The number of hydrogen-bond acceptors (Lipinski definition) is 4. The standard InChI is InChI=1S/C12H24N2O3S/c1-3-4-8-14(2)12(15)5-7-13-11-6-9-18(16,17)10-11/h11,13H,3-10H2,1-2H3. The van der Waals surface area contributed by atoms with Crippen molar-refractivity contribution in [3.8, 4) is 0 Å². The minimum absolute atomic E-state index is 0.0312. The van der Waals surface area contributed by atoms with E-state index in [4.69, 9.17) is 0 Å². The Morgan fingerprint density at radius 1 is 1.44 bits per heavy atom. The Morgan fingerprint density at radius 2 is 2.17 bits per heavy atom. The van der Waals surface area contributed by atoms with Gasteiger partial charge in [0.25, 0.3) is 0 Å². The molecule has 0 bridgehead atoms. The lowest BCUT2D eigenvalue weighted by molar-refractivity contribution is -0.129. The Labute approximate surface area is 110 Å². The zero-order valence-electron chi connectivity index (χ0n) is 11.3. The van der Waals surface area contributed by atoms with Gasteiger partial charge in [-0.3, -0.25) is 4.79 Å². The number of nitrogens with zero attached hydrogens (tertiary/aromatic N) is 1. The summed E-state index contributed by atoms with van der Waals surface area (Å²) >= 11 is 0. The fourth-order valence-electron chi connectivity index (χ4n) is 2.05. The Kier molecular flexibility index (Phi) is 6.08. The molecule has 1 aliphatic heterocycles. The number of rotatable bonds is 7. The molecule has 106 valence electrons. The molecule has 1 saturated heterocycles. The van der Waals surface area contributed by atoms with Crippen molar-refractivity contribution in [2.45, 2.75) is 38.6 Å². The molecule has 1 rings (SSSR count). The van der Waals surface area contributed by atoms with Gasteiger partial charge in [-0.2, -0.15) is 0 Å². The van der Waals surface area contributed by atoms with Crippen molar-refractivity contribution in [1.82, 2.24) is 10.2 Å². The van der Waals surface area contributed by atoms with Crippen LogP contribution in [0.15, 0.2) is 0 Å². The molecule has 0 aromatic rings. The molecule has 0 aromatic carbocycles. The summed E-state index contributed by atoms with van der Waals surface area (Å²) < 4.78 is 22.5. The number of carbonyl (C=O) groups is 1. The average Bonchev–Trinajstić information content (AvgIpc) is 2.65. The van der Waals surface area contributed by atoms with Crippen molar-refractivity contribution in [3.05, 3.63) is 0 Å². The van der Waals surface area contributed by atoms with Crippen LogP contribution in [0.1, 0.15) is 32.6 Å². The Bertz CT molecular complexity index is 368. The topological polar surface area (TPSA) is 66.5 Å². The van der Waals surface area contributed by atoms with Crippen LogP contribution in [0, 0.1) is 0 Å². The zero-order chi connectivity index (χ0) is 13.6. The summed E-state index contributed by atoms with van der Waals surface area (Å²) in [6, 6.07) is 0.0312. The lowest BCUT2D eigenvalue weighted by Gasteiger charge is -2.17.